The Balaban J connectivity index is 4.87. The number of carbonyl (C=O) groups is 3. The second kappa shape index (κ2) is 11.0. The standard InChI is InChI=1S/C14H28N4O5S/c1-3-12(19)17-11(6-4-5-8-15)14(21)18-10(13(16)20)7-9-24(2,22)23/h10-11H,3-9,15H2,1-2H3,(H2,16,20)(H,17,19)(H,18,21). The van der Waals surface area contributed by atoms with Crippen molar-refractivity contribution in [2.45, 2.75) is 51.1 Å². The highest BCUT2D eigenvalue weighted by Gasteiger charge is 2.25. The lowest BCUT2D eigenvalue weighted by molar-refractivity contribution is -0.131. The molecule has 9 nitrogen and oxygen atoms in total. The average Bonchev–Trinajstić information content (AvgIpc) is 2.48. The van der Waals surface area contributed by atoms with Crippen LogP contribution in [0.5, 0.6) is 0 Å². The van der Waals surface area contributed by atoms with Gasteiger partial charge in [0, 0.05) is 12.7 Å². The molecular weight excluding hydrogens is 336 g/mol. The molecule has 0 saturated carbocycles. The Kier molecular flexibility index (Phi) is 10.2. The van der Waals surface area contributed by atoms with E-state index in [1.54, 1.807) is 6.92 Å². The number of rotatable bonds is 12. The predicted octanol–water partition coefficient (Wildman–Crippen LogP) is -1.58. The van der Waals surface area contributed by atoms with Crippen LogP contribution in [0.3, 0.4) is 0 Å². The topological polar surface area (TPSA) is 161 Å². The van der Waals surface area contributed by atoms with Crippen molar-refractivity contribution in [1.82, 2.24) is 10.6 Å². The van der Waals surface area contributed by atoms with Crippen molar-refractivity contribution in [3.8, 4) is 0 Å². The molecule has 2 unspecified atom stereocenters. The van der Waals surface area contributed by atoms with Crippen LogP contribution < -0.4 is 22.1 Å². The van der Waals surface area contributed by atoms with Gasteiger partial charge in [0.15, 0.2) is 0 Å². The van der Waals surface area contributed by atoms with Gasteiger partial charge >= 0.3 is 0 Å². The van der Waals surface area contributed by atoms with Gasteiger partial charge in [0.25, 0.3) is 0 Å². The fourth-order valence-electron chi connectivity index (χ4n) is 1.95. The minimum absolute atomic E-state index is 0.114. The van der Waals surface area contributed by atoms with Crippen molar-refractivity contribution >= 4 is 27.6 Å². The number of nitrogens with two attached hydrogens (primary N) is 2. The van der Waals surface area contributed by atoms with Gasteiger partial charge in [-0.15, -0.1) is 0 Å². The van der Waals surface area contributed by atoms with Crippen molar-refractivity contribution in [2.24, 2.45) is 11.5 Å². The summed E-state index contributed by atoms with van der Waals surface area (Å²) in [5.41, 5.74) is 10.6. The maximum absolute atomic E-state index is 12.3. The second-order valence-electron chi connectivity index (χ2n) is 5.64. The van der Waals surface area contributed by atoms with E-state index in [1.807, 2.05) is 0 Å². The maximum atomic E-state index is 12.3. The van der Waals surface area contributed by atoms with Crippen molar-refractivity contribution in [2.75, 3.05) is 18.6 Å². The number of primary amides is 1. The summed E-state index contributed by atoms with van der Waals surface area (Å²) < 4.78 is 22.4. The third-order valence-corrected chi connectivity index (χ3v) is 4.33. The van der Waals surface area contributed by atoms with Gasteiger partial charge in [-0.25, -0.2) is 8.42 Å². The summed E-state index contributed by atoms with van der Waals surface area (Å²) in [6, 6.07) is -1.92. The first kappa shape index (κ1) is 22.3. The largest absolute Gasteiger partial charge is 0.368 e. The number of hydrogen-bond donors (Lipinski definition) is 4. The monoisotopic (exact) mass is 364 g/mol. The third kappa shape index (κ3) is 10.2. The van der Waals surface area contributed by atoms with E-state index >= 15 is 0 Å². The Bertz CT molecular complexity index is 535. The van der Waals surface area contributed by atoms with Crippen molar-refractivity contribution in [3.05, 3.63) is 0 Å². The van der Waals surface area contributed by atoms with E-state index < -0.39 is 33.7 Å². The number of unbranched alkanes of at least 4 members (excludes halogenated alkanes) is 1. The van der Waals surface area contributed by atoms with Crippen LogP contribution in [0.25, 0.3) is 0 Å². The van der Waals surface area contributed by atoms with Gasteiger partial charge in [-0.3, -0.25) is 14.4 Å². The zero-order valence-corrected chi connectivity index (χ0v) is 15.0. The van der Waals surface area contributed by atoms with Crippen LogP contribution in [-0.4, -0.2) is 56.8 Å². The number of sulfone groups is 1. The number of amides is 3. The summed E-state index contributed by atoms with van der Waals surface area (Å²) in [5, 5.41) is 5.00. The predicted molar refractivity (Wildman–Crippen MR) is 90.6 cm³/mol. The van der Waals surface area contributed by atoms with Gasteiger partial charge in [-0.05, 0) is 32.2 Å². The average molecular weight is 364 g/mol. The molecule has 0 aromatic heterocycles. The summed E-state index contributed by atoms with van der Waals surface area (Å²) in [5.74, 6) is -1.96. The third-order valence-electron chi connectivity index (χ3n) is 3.36. The molecule has 0 aliphatic rings. The Hall–Kier alpha value is -1.68. The Morgan fingerprint density at radius 3 is 2.12 bits per heavy atom. The summed E-state index contributed by atoms with van der Waals surface area (Å²) in [6.07, 6.45) is 2.82. The van der Waals surface area contributed by atoms with Gasteiger partial charge < -0.3 is 22.1 Å². The van der Waals surface area contributed by atoms with Crippen LogP contribution >= 0.6 is 0 Å². The van der Waals surface area contributed by atoms with Crippen LogP contribution in [0.1, 0.15) is 39.0 Å². The summed E-state index contributed by atoms with van der Waals surface area (Å²) in [6.45, 7) is 2.12. The van der Waals surface area contributed by atoms with Crippen LogP contribution in [0, 0.1) is 0 Å². The first-order valence-corrected chi connectivity index (χ1v) is 9.93. The highest BCUT2D eigenvalue weighted by Crippen LogP contribution is 2.04. The summed E-state index contributed by atoms with van der Waals surface area (Å²) in [4.78, 5) is 35.3. The molecule has 0 spiro atoms. The highest BCUT2D eigenvalue weighted by molar-refractivity contribution is 7.90. The molecule has 0 aliphatic heterocycles. The molecule has 0 bridgehead atoms. The molecule has 6 N–H and O–H groups in total. The van der Waals surface area contributed by atoms with Gasteiger partial charge in [0.2, 0.25) is 17.7 Å². The minimum Gasteiger partial charge on any atom is -0.368 e. The van der Waals surface area contributed by atoms with Crippen LogP contribution in [0.15, 0.2) is 0 Å². The number of carbonyl (C=O) groups excluding carboxylic acids is 3. The zero-order valence-electron chi connectivity index (χ0n) is 14.2. The molecule has 0 aromatic carbocycles. The van der Waals surface area contributed by atoms with E-state index in [2.05, 4.69) is 10.6 Å². The fraction of sp³-hybridized carbons (Fsp3) is 0.786. The van der Waals surface area contributed by atoms with E-state index in [-0.39, 0.29) is 24.5 Å². The molecule has 0 saturated heterocycles. The minimum atomic E-state index is -3.29. The van der Waals surface area contributed by atoms with Gasteiger partial charge in [-0.2, -0.15) is 0 Å². The van der Waals surface area contributed by atoms with Gasteiger partial charge in [-0.1, -0.05) is 6.92 Å². The lowest BCUT2D eigenvalue weighted by Gasteiger charge is -2.21. The SMILES string of the molecule is CCC(=O)NC(CCCCN)C(=O)NC(CCS(C)(=O)=O)C(N)=O. The Labute approximate surface area is 142 Å². The second-order valence-corrected chi connectivity index (χ2v) is 7.90. The normalized spacial score (nSPS) is 13.8. The smallest absolute Gasteiger partial charge is 0.243 e. The van der Waals surface area contributed by atoms with Crippen molar-refractivity contribution in [3.63, 3.8) is 0 Å². The molecule has 140 valence electrons. The summed E-state index contributed by atoms with van der Waals surface area (Å²) in [7, 11) is -3.29. The van der Waals surface area contributed by atoms with E-state index in [9.17, 15) is 22.8 Å². The van der Waals surface area contributed by atoms with Crippen molar-refractivity contribution < 1.29 is 22.8 Å². The lowest BCUT2D eigenvalue weighted by atomic mass is 10.1. The van der Waals surface area contributed by atoms with Crippen LogP contribution in [0.2, 0.25) is 0 Å². The molecule has 0 aromatic rings. The molecular formula is C14H28N4O5S. The van der Waals surface area contributed by atoms with Crippen molar-refractivity contribution in [1.29, 1.82) is 0 Å². The van der Waals surface area contributed by atoms with E-state index in [1.165, 1.54) is 0 Å². The Morgan fingerprint density at radius 2 is 1.67 bits per heavy atom. The van der Waals surface area contributed by atoms with Gasteiger partial charge in [0.1, 0.15) is 21.9 Å². The van der Waals surface area contributed by atoms with E-state index in [0.29, 0.717) is 25.8 Å². The first-order valence-electron chi connectivity index (χ1n) is 7.87. The van der Waals surface area contributed by atoms with E-state index in [4.69, 9.17) is 11.5 Å². The molecule has 24 heavy (non-hydrogen) atoms. The highest BCUT2D eigenvalue weighted by atomic mass is 32.2. The van der Waals surface area contributed by atoms with Crippen LogP contribution in [-0.2, 0) is 24.2 Å². The number of nitrogens with one attached hydrogen (secondary N) is 2. The molecule has 0 fully saturated rings. The molecule has 10 heteroatoms. The van der Waals surface area contributed by atoms with E-state index in [0.717, 1.165) is 6.26 Å². The molecule has 2 atom stereocenters. The fourth-order valence-corrected chi connectivity index (χ4v) is 2.61. The molecule has 0 heterocycles. The maximum Gasteiger partial charge on any atom is 0.243 e. The number of hydrogen-bond acceptors (Lipinski definition) is 6. The molecule has 0 aliphatic carbocycles. The Morgan fingerprint density at radius 1 is 1.04 bits per heavy atom. The summed E-state index contributed by atoms with van der Waals surface area (Å²) >= 11 is 0. The first-order chi connectivity index (χ1) is 11.1. The van der Waals surface area contributed by atoms with Crippen LogP contribution in [0.4, 0.5) is 0 Å². The quantitative estimate of drug-likeness (QED) is 0.305. The zero-order chi connectivity index (χ0) is 18.8. The lowest BCUT2D eigenvalue weighted by Crippen LogP contribution is -2.53. The molecule has 3 amide bonds. The molecule has 0 rings (SSSR count). The molecule has 0 radical (unpaired) electrons. The van der Waals surface area contributed by atoms with Gasteiger partial charge in [0.05, 0.1) is 5.75 Å².